The molecule has 2 heterocycles. The molecule has 0 saturated carbocycles. The topological polar surface area (TPSA) is 30.7 Å². The zero-order chi connectivity index (χ0) is 16.2. The first-order valence-electron chi connectivity index (χ1n) is 6.83. The van der Waals surface area contributed by atoms with Crippen LogP contribution >= 0.6 is 39.0 Å². The molecule has 0 radical (unpaired) electrons. The molecule has 0 N–H and O–H groups in total. The maximum absolute atomic E-state index is 14.0. The summed E-state index contributed by atoms with van der Waals surface area (Å²) in [5.41, 5.74) is 1.67. The first-order valence-corrected chi connectivity index (χ1v) is 9.49. The van der Waals surface area contributed by atoms with E-state index in [1.54, 1.807) is 47.4 Å². The fraction of sp³-hybridized carbons (Fsp3) is 0.125. The van der Waals surface area contributed by atoms with E-state index in [4.69, 9.17) is 0 Å². The van der Waals surface area contributed by atoms with E-state index in [9.17, 15) is 4.39 Å². The van der Waals surface area contributed by atoms with Gasteiger partial charge in [0.2, 0.25) is 0 Å². The highest BCUT2D eigenvalue weighted by Crippen LogP contribution is 2.30. The van der Waals surface area contributed by atoms with E-state index in [1.807, 2.05) is 4.57 Å². The number of thioether (sulfide) groups is 1. The van der Waals surface area contributed by atoms with Crippen molar-refractivity contribution in [2.24, 2.45) is 0 Å². The molecule has 0 unspecified atom stereocenters. The molecule has 0 aliphatic heterocycles. The summed E-state index contributed by atoms with van der Waals surface area (Å²) in [6.07, 6.45) is 1.76. The summed E-state index contributed by atoms with van der Waals surface area (Å²) >= 11 is 6.69. The lowest BCUT2D eigenvalue weighted by molar-refractivity contribution is 0.626. The Morgan fingerprint density at radius 2 is 2.17 bits per heavy atom. The second kappa shape index (κ2) is 7.42. The van der Waals surface area contributed by atoms with E-state index in [0.29, 0.717) is 17.9 Å². The molecule has 118 valence electrons. The minimum Gasteiger partial charge on any atom is -0.298 e. The van der Waals surface area contributed by atoms with Gasteiger partial charge in [-0.1, -0.05) is 30.0 Å². The van der Waals surface area contributed by atoms with E-state index >= 15 is 0 Å². The third-order valence-corrected chi connectivity index (χ3v) is 5.72. The molecule has 3 nitrogen and oxygen atoms in total. The first kappa shape index (κ1) is 16.4. The van der Waals surface area contributed by atoms with Gasteiger partial charge < -0.3 is 0 Å². The van der Waals surface area contributed by atoms with Crippen LogP contribution in [0, 0.1) is 5.82 Å². The molecular weight excluding hydrogens is 397 g/mol. The van der Waals surface area contributed by atoms with Crippen LogP contribution in [0.5, 0.6) is 0 Å². The Morgan fingerprint density at radius 1 is 1.35 bits per heavy atom. The molecule has 0 spiro atoms. The van der Waals surface area contributed by atoms with Crippen LogP contribution in [-0.2, 0) is 12.3 Å². The standard InChI is InChI=1S/C16H13BrFN3S2/c1-2-7-21-15(12-5-3-4-6-13(12)18)19-20-16(21)23-10-11-8-14(17)22-9-11/h2-6,8-9H,1,7,10H2. The van der Waals surface area contributed by atoms with Gasteiger partial charge in [-0.15, -0.1) is 28.1 Å². The molecule has 0 amide bonds. The SMILES string of the molecule is C=CCn1c(SCc2csc(Br)c2)nnc1-c1ccccc1F. The molecule has 7 heteroatoms. The lowest BCUT2D eigenvalue weighted by Gasteiger charge is -2.08. The van der Waals surface area contributed by atoms with Gasteiger partial charge in [-0.05, 0) is 45.1 Å². The van der Waals surface area contributed by atoms with Crippen molar-refractivity contribution >= 4 is 39.0 Å². The zero-order valence-electron chi connectivity index (χ0n) is 12.1. The van der Waals surface area contributed by atoms with Crippen LogP contribution in [0.15, 0.2) is 57.3 Å². The summed E-state index contributed by atoms with van der Waals surface area (Å²) < 4.78 is 17.0. The molecule has 0 aliphatic rings. The second-order valence-corrected chi connectivity index (χ2v) is 7.97. The van der Waals surface area contributed by atoms with Gasteiger partial charge in [0.25, 0.3) is 0 Å². The van der Waals surface area contributed by atoms with Crippen LogP contribution in [0.25, 0.3) is 11.4 Å². The minimum atomic E-state index is -0.302. The molecule has 0 atom stereocenters. The van der Waals surface area contributed by atoms with Crippen LogP contribution in [0.2, 0.25) is 0 Å². The van der Waals surface area contributed by atoms with Crippen molar-refractivity contribution in [3.8, 4) is 11.4 Å². The molecule has 0 saturated heterocycles. The van der Waals surface area contributed by atoms with E-state index in [-0.39, 0.29) is 5.82 Å². The lowest BCUT2D eigenvalue weighted by Crippen LogP contribution is -2.01. The fourth-order valence-electron chi connectivity index (χ4n) is 2.10. The van der Waals surface area contributed by atoms with Gasteiger partial charge >= 0.3 is 0 Å². The average molecular weight is 410 g/mol. The minimum absolute atomic E-state index is 0.302. The van der Waals surface area contributed by atoms with Crippen molar-refractivity contribution in [3.63, 3.8) is 0 Å². The smallest absolute Gasteiger partial charge is 0.192 e. The number of benzene rings is 1. The lowest BCUT2D eigenvalue weighted by atomic mass is 10.2. The predicted octanol–water partition coefficient (Wildman–Crippen LogP) is 5.39. The Kier molecular flexibility index (Phi) is 5.30. The quantitative estimate of drug-likeness (QED) is 0.404. The summed E-state index contributed by atoms with van der Waals surface area (Å²) in [6.45, 7) is 4.31. The van der Waals surface area contributed by atoms with Crippen LogP contribution in [-0.4, -0.2) is 14.8 Å². The van der Waals surface area contributed by atoms with Crippen LogP contribution < -0.4 is 0 Å². The summed E-state index contributed by atoms with van der Waals surface area (Å²) in [5, 5.41) is 11.3. The van der Waals surface area contributed by atoms with Crippen molar-refractivity contribution in [2.45, 2.75) is 17.5 Å². The number of aromatic nitrogens is 3. The number of allylic oxidation sites excluding steroid dienone is 1. The number of hydrogen-bond acceptors (Lipinski definition) is 4. The second-order valence-electron chi connectivity index (χ2n) is 4.73. The average Bonchev–Trinajstić information content (AvgIpc) is 3.13. The van der Waals surface area contributed by atoms with Crippen molar-refractivity contribution in [1.29, 1.82) is 0 Å². The number of hydrogen-bond donors (Lipinski definition) is 0. The molecule has 3 aromatic rings. The van der Waals surface area contributed by atoms with Crippen LogP contribution in [0.3, 0.4) is 0 Å². The third-order valence-electron chi connectivity index (χ3n) is 3.13. The van der Waals surface area contributed by atoms with Crippen molar-refractivity contribution in [1.82, 2.24) is 14.8 Å². The van der Waals surface area contributed by atoms with Gasteiger partial charge in [0.15, 0.2) is 11.0 Å². The normalized spacial score (nSPS) is 10.9. The zero-order valence-corrected chi connectivity index (χ0v) is 15.3. The molecule has 0 fully saturated rings. The third kappa shape index (κ3) is 3.73. The van der Waals surface area contributed by atoms with Gasteiger partial charge in [0.05, 0.1) is 9.35 Å². The van der Waals surface area contributed by atoms with Crippen LogP contribution in [0.1, 0.15) is 5.56 Å². The summed E-state index contributed by atoms with van der Waals surface area (Å²) in [4.78, 5) is 0. The number of halogens is 2. The largest absolute Gasteiger partial charge is 0.298 e. The van der Waals surface area contributed by atoms with Gasteiger partial charge in [-0.2, -0.15) is 0 Å². The summed E-state index contributed by atoms with van der Waals surface area (Å²) in [7, 11) is 0. The molecule has 1 aromatic carbocycles. The van der Waals surface area contributed by atoms with Gasteiger partial charge in [-0.25, -0.2) is 4.39 Å². The molecule has 0 bridgehead atoms. The maximum atomic E-state index is 14.0. The van der Waals surface area contributed by atoms with Crippen LogP contribution in [0.4, 0.5) is 4.39 Å². The predicted molar refractivity (Wildman–Crippen MR) is 97.2 cm³/mol. The molecule has 2 aromatic heterocycles. The van der Waals surface area contributed by atoms with E-state index in [0.717, 1.165) is 14.7 Å². The molecule has 0 aliphatic carbocycles. The van der Waals surface area contributed by atoms with E-state index in [2.05, 4.69) is 44.2 Å². The van der Waals surface area contributed by atoms with Crippen molar-refractivity contribution in [3.05, 3.63) is 63.5 Å². The fourth-order valence-corrected chi connectivity index (χ4v) is 4.29. The Balaban J connectivity index is 1.89. The number of nitrogens with zero attached hydrogens (tertiary/aromatic N) is 3. The van der Waals surface area contributed by atoms with Gasteiger partial charge in [-0.3, -0.25) is 4.57 Å². The van der Waals surface area contributed by atoms with Gasteiger partial charge in [0, 0.05) is 12.3 Å². The summed E-state index contributed by atoms with van der Waals surface area (Å²) in [5.74, 6) is 1.01. The van der Waals surface area contributed by atoms with Gasteiger partial charge in [0.1, 0.15) is 5.82 Å². The highest BCUT2D eigenvalue weighted by molar-refractivity contribution is 9.11. The van der Waals surface area contributed by atoms with Crippen molar-refractivity contribution in [2.75, 3.05) is 0 Å². The Hall–Kier alpha value is -1.44. The Morgan fingerprint density at radius 3 is 2.87 bits per heavy atom. The molecule has 3 rings (SSSR count). The monoisotopic (exact) mass is 409 g/mol. The maximum Gasteiger partial charge on any atom is 0.192 e. The van der Waals surface area contributed by atoms with E-state index in [1.165, 1.54) is 11.6 Å². The Labute approximate surface area is 150 Å². The van der Waals surface area contributed by atoms with Crippen molar-refractivity contribution < 1.29 is 4.39 Å². The first-order chi connectivity index (χ1) is 11.2. The highest BCUT2D eigenvalue weighted by atomic mass is 79.9. The Bertz CT molecular complexity index is 828. The number of rotatable bonds is 6. The molecule has 23 heavy (non-hydrogen) atoms. The molecular formula is C16H13BrFN3S2. The number of thiophene rings is 1. The van der Waals surface area contributed by atoms with E-state index < -0.39 is 0 Å². The summed E-state index contributed by atoms with van der Waals surface area (Å²) in [6, 6.07) is 8.68. The highest BCUT2D eigenvalue weighted by Gasteiger charge is 2.16.